The second-order valence-corrected chi connectivity index (χ2v) is 12.8. The topological polar surface area (TPSA) is 57.4 Å². The maximum absolute atomic E-state index is 16.0. The van der Waals surface area contributed by atoms with Gasteiger partial charge in [-0.15, -0.1) is 0 Å². The number of hydrogen-bond acceptors (Lipinski definition) is 2. The maximum atomic E-state index is 16.0. The predicted molar refractivity (Wildman–Crippen MR) is 204 cm³/mol. The Labute approximate surface area is 299 Å². The number of aromatic nitrogens is 1. The number of unbranched alkanes of at least 4 members (excludes halogenated alkanes) is 2. The predicted octanol–water partition coefficient (Wildman–Crippen LogP) is 7.49. The van der Waals surface area contributed by atoms with E-state index in [-0.39, 0.29) is 18.2 Å². The lowest BCUT2D eigenvalue weighted by molar-refractivity contribution is -0.333. The lowest BCUT2D eigenvalue weighted by Gasteiger charge is -2.26. The molecule has 0 fully saturated rings. The van der Waals surface area contributed by atoms with Crippen LogP contribution in [0.5, 0.6) is 0 Å². The van der Waals surface area contributed by atoms with E-state index in [0.717, 1.165) is 70.0 Å². The van der Waals surface area contributed by atoms with Gasteiger partial charge in [-0.05, 0) is 60.7 Å². The number of carbonyl (C=O) groups is 2. The molecule has 6 nitrogen and oxygen atoms in total. The van der Waals surface area contributed by atoms with E-state index in [0.29, 0.717) is 25.9 Å². The fourth-order valence-corrected chi connectivity index (χ4v) is 6.70. The fourth-order valence-electron chi connectivity index (χ4n) is 6.70. The van der Waals surface area contributed by atoms with E-state index in [1.165, 1.54) is 0 Å². The van der Waals surface area contributed by atoms with Crippen molar-refractivity contribution in [3.05, 3.63) is 161 Å². The molecule has 2 amide bonds. The summed E-state index contributed by atoms with van der Waals surface area (Å²) in [6.07, 6.45) is 17.1. The van der Waals surface area contributed by atoms with E-state index in [4.69, 9.17) is 0 Å². The van der Waals surface area contributed by atoms with Crippen molar-refractivity contribution in [3.63, 3.8) is 0 Å². The lowest BCUT2D eigenvalue weighted by Crippen LogP contribution is -2.39. The van der Waals surface area contributed by atoms with Crippen LogP contribution in [0.2, 0.25) is 0 Å². The van der Waals surface area contributed by atoms with Crippen LogP contribution in [0.15, 0.2) is 127 Å². The van der Waals surface area contributed by atoms with Gasteiger partial charge in [-0.1, -0.05) is 97.2 Å². The van der Waals surface area contributed by atoms with Crippen LogP contribution in [0.1, 0.15) is 65.7 Å². The number of rotatable bonds is 12. The highest BCUT2D eigenvalue weighted by Crippen LogP contribution is 2.28. The summed E-state index contributed by atoms with van der Waals surface area (Å²) in [6, 6.07) is 29.6. The van der Waals surface area contributed by atoms with E-state index in [9.17, 15) is 9.59 Å². The Kier molecular flexibility index (Phi) is 10.4. The van der Waals surface area contributed by atoms with Crippen LogP contribution in [0.3, 0.4) is 0 Å². The summed E-state index contributed by atoms with van der Waals surface area (Å²) >= 11 is 0. The molecule has 51 heavy (non-hydrogen) atoms. The third-order valence-corrected chi connectivity index (χ3v) is 9.37. The van der Waals surface area contributed by atoms with Gasteiger partial charge in [0.25, 0.3) is 0 Å². The zero-order chi connectivity index (χ0) is 35.0. The number of allylic oxidation sites excluding steroid dienone is 5. The summed E-state index contributed by atoms with van der Waals surface area (Å²) in [5, 5.41) is 3.01. The molecule has 3 aliphatic heterocycles. The van der Waals surface area contributed by atoms with Crippen molar-refractivity contribution >= 4 is 42.6 Å². The Morgan fingerprint density at radius 2 is 1.59 bits per heavy atom. The second kappa shape index (κ2) is 15.7. The van der Waals surface area contributed by atoms with Crippen molar-refractivity contribution in [1.82, 2.24) is 9.79 Å². The molecule has 0 saturated heterocycles. The molecule has 0 spiro atoms. The monoisotopic (exact) mass is 673 g/mol. The smallest absolute Gasteiger partial charge is 0.356 e. The minimum absolute atomic E-state index is 0.0654. The van der Waals surface area contributed by atoms with Crippen LogP contribution < -0.4 is 10.2 Å². The molecule has 3 aliphatic rings. The Morgan fingerprint density at radius 3 is 2.47 bits per heavy atom. The molecular weight excluding hydrogens is 634 g/mol. The molecule has 1 N–H and O–H groups in total. The summed E-state index contributed by atoms with van der Waals surface area (Å²) in [5.41, 5.74) is 7.91. The van der Waals surface area contributed by atoms with Crippen molar-refractivity contribution in [2.24, 2.45) is 0 Å². The van der Waals surface area contributed by atoms with Gasteiger partial charge in [-0.25, -0.2) is 8.80 Å². The number of fused-ring (bicyclic) bond motifs is 4. The first-order valence-electron chi connectivity index (χ1n) is 17.6. The van der Waals surface area contributed by atoms with Crippen LogP contribution in [-0.2, 0) is 22.6 Å². The minimum atomic E-state index is -1.40. The van der Waals surface area contributed by atoms with Crippen molar-refractivity contribution in [1.29, 1.82) is 0 Å². The maximum Gasteiger partial charge on any atom is 0.846 e. The SMILES string of the molecule is O=C(CCc1ccc2n1B(F)[N+]1=C(/C=C/C=C/c3ccccc3)C=CC1=C2)NCCCCCC(=O)N1Cc2ccccc2C#Cc2ccccc21. The number of nitrogens with one attached hydrogen (secondary N) is 1. The highest BCUT2D eigenvalue weighted by Gasteiger charge is 2.47. The van der Waals surface area contributed by atoms with E-state index in [2.05, 4.69) is 17.2 Å². The number of anilines is 1. The molecule has 0 unspecified atom stereocenters. The van der Waals surface area contributed by atoms with Crippen molar-refractivity contribution < 1.29 is 18.4 Å². The van der Waals surface area contributed by atoms with E-state index < -0.39 is 7.26 Å². The van der Waals surface area contributed by atoms with E-state index in [1.54, 1.807) is 8.96 Å². The van der Waals surface area contributed by atoms with Crippen LogP contribution in [0, 0.1) is 11.8 Å². The molecule has 4 heterocycles. The molecule has 0 aliphatic carbocycles. The Morgan fingerprint density at radius 1 is 0.824 bits per heavy atom. The summed E-state index contributed by atoms with van der Waals surface area (Å²) in [6.45, 7) is 1.02. The summed E-state index contributed by atoms with van der Waals surface area (Å²) in [5.74, 6) is 6.50. The van der Waals surface area contributed by atoms with Crippen molar-refractivity contribution in [2.75, 3.05) is 11.4 Å². The van der Waals surface area contributed by atoms with Crippen LogP contribution in [0.4, 0.5) is 10.0 Å². The first-order chi connectivity index (χ1) is 25.0. The van der Waals surface area contributed by atoms with Gasteiger partial charge < -0.3 is 10.2 Å². The number of aryl methyl sites for hydroxylation is 1. The molecule has 0 radical (unpaired) electrons. The van der Waals surface area contributed by atoms with Gasteiger partial charge in [0.1, 0.15) is 0 Å². The Hall–Kier alpha value is -5.94. The largest absolute Gasteiger partial charge is 0.846 e. The second-order valence-electron chi connectivity index (χ2n) is 12.8. The highest BCUT2D eigenvalue weighted by atomic mass is 19.1. The lowest BCUT2D eigenvalue weighted by atomic mass is 9.96. The van der Waals surface area contributed by atoms with Gasteiger partial charge in [0.05, 0.1) is 12.2 Å². The molecule has 0 saturated carbocycles. The van der Waals surface area contributed by atoms with Crippen molar-refractivity contribution in [3.8, 4) is 11.8 Å². The normalized spacial score (nSPS) is 14.3. The number of nitrogens with zero attached hydrogens (tertiary/aromatic N) is 3. The fraction of sp³-hybridized carbons (Fsp3) is 0.186. The number of para-hydroxylation sites is 1. The zero-order valence-corrected chi connectivity index (χ0v) is 28.5. The van der Waals surface area contributed by atoms with Gasteiger partial charge in [-0.3, -0.25) is 14.1 Å². The zero-order valence-electron chi connectivity index (χ0n) is 28.5. The average Bonchev–Trinajstić information content (AvgIpc) is 3.76. The molecule has 0 atom stereocenters. The van der Waals surface area contributed by atoms with Gasteiger partial charge in [0, 0.05) is 66.2 Å². The highest BCUT2D eigenvalue weighted by molar-refractivity contribution is 6.43. The summed E-state index contributed by atoms with van der Waals surface area (Å²) < 4.78 is 19.4. The number of benzene rings is 3. The molecule has 0 bridgehead atoms. The van der Waals surface area contributed by atoms with Gasteiger partial charge in [-0.2, -0.15) is 0 Å². The molecule has 4 aromatic rings. The molecule has 8 heteroatoms. The van der Waals surface area contributed by atoms with E-state index >= 15 is 4.32 Å². The van der Waals surface area contributed by atoms with Gasteiger partial charge in [0.15, 0.2) is 11.4 Å². The standard InChI is InChI=1S/C43H38BFN4O2/c45-44-48-37(19-10-6-15-33-13-3-1-4-14-33)24-26-39(48)31-40-27-25-38(49(40)44)28-29-42(50)46-30-12-2-5-21-43(51)47-32-36-18-8-7-16-34(36)22-23-35-17-9-11-20-41(35)47/h1,3-4,6-11,13-20,24-27,31H,2,5,12,21,28-30,32H2/p+1/b15-6+,19-10+. The molecule has 3 aromatic carbocycles. The minimum Gasteiger partial charge on any atom is -0.356 e. The molecule has 252 valence electrons. The molecular formula is C43H39BFN4O2+. The quantitative estimate of drug-likeness (QED) is 0.0734. The van der Waals surface area contributed by atoms with Gasteiger partial charge >= 0.3 is 7.26 Å². The number of halogens is 1. The van der Waals surface area contributed by atoms with E-state index in [1.807, 2.05) is 138 Å². The number of hydrogen-bond donors (Lipinski definition) is 1. The first kappa shape index (κ1) is 33.6. The van der Waals surface area contributed by atoms with Gasteiger partial charge in [0.2, 0.25) is 11.8 Å². The molecule has 1 aromatic heterocycles. The number of carbonyl (C=O) groups excluding carboxylic acids is 2. The Bertz CT molecular complexity index is 2170. The molecule has 7 rings (SSSR count). The number of amides is 2. The first-order valence-corrected chi connectivity index (χ1v) is 17.6. The average molecular weight is 674 g/mol. The van der Waals surface area contributed by atoms with Crippen LogP contribution >= 0.6 is 0 Å². The van der Waals surface area contributed by atoms with Crippen molar-refractivity contribution in [2.45, 2.75) is 45.1 Å². The van der Waals surface area contributed by atoms with Crippen LogP contribution in [0.25, 0.3) is 12.2 Å². The summed E-state index contributed by atoms with van der Waals surface area (Å²) in [7, 11) is -1.40. The Balaban J connectivity index is 0.872. The van der Waals surface area contributed by atoms with Crippen LogP contribution in [-0.4, -0.2) is 40.3 Å². The third kappa shape index (κ3) is 7.79. The third-order valence-electron chi connectivity index (χ3n) is 9.37. The summed E-state index contributed by atoms with van der Waals surface area (Å²) in [4.78, 5) is 28.1.